The van der Waals surface area contributed by atoms with Crippen molar-refractivity contribution < 1.29 is 13.3 Å². The van der Waals surface area contributed by atoms with Crippen molar-refractivity contribution in [1.29, 1.82) is 0 Å². The maximum atomic E-state index is 13.6. The Morgan fingerprint density at radius 1 is 1.00 bits per heavy atom. The minimum Gasteiger partial charge on any atom is -0.398 e. The third-order valence-corrected chi connectivity index (χ3v) is 2.79. The Balaban J connectivity index is 2.07. The van der Waals surface area contributed by atoms with Gasteiger partial charge in [0.2, 0.25) is 5.82 Å². The predicted octanol–water partition coefficient (Wildman–Crippen LogP) is 3.26. The number of anilines is 1. The van der Waals surface area contributed by atoms with E-state index in [1.165, 1.54) is 30.3 Å². The summed E-state index contributed by atoms with van der Waals surface area (Å²) in [5.74, 6) is -0.811. The second-order valence-electron chi connectivity index (χ2n) is 4.13. The first kappa shape index (κ1) is 12.3. The van der Waals surface area contributed by atoms with Crippen LogP contribution in [0.2, 0.25) is 0 Å². The Kier molecular flexibility index (Phi) is 2.90. The quantitative estimate of drug-likeness (QED) is 0.728. The second kappa shape index (κ2) is 4.73. The van der Waals surface area contributed by atoms with E-state index in [1.54, 1.807) is 12.1 Å². The molecule has 20 heavy (non-hydrogen) atoms. The van der Waals surface area contributed by atoms with Gasteiger partial charge < -0.3 is 10.3 Å². The molecule has 6 heteroatoms. The highest BCUT2D eigenvalue weighted by atomic mass is 19.1. The van der Waals surface area contributed by atoms with Crippen molar-refractivity contribution in [2.75, 3.05) is 5.73 Å². The zero-order chi connectivity index (χ0) is 14.1. The van der Waals surface area contributed by atoms with Crippen LogP contribution in [0, 0.1) is 11.6 Å². The van der Waals surface area contributed by atoms with Gasteiger partial charge in [-0.05, 0) is 30.3 Å². The first-order valence-corrected chi connectivity index (χ1v) is 5.79. The average molecular weight is 273 g/mol. The van der Waals surface area contributed by atoms with Gasteiger partial charge >= 0.3 is 0 Å². The minimum atomic E-state index is -0.472. The van der Waals surface area contributed by atoms with Gasteiger partial charge in [0.15, 0.2) is 0 Å². The number of hydrogen-bond donors (Lipinski definition) is 1. The van der Waals surface area contributed by atoms with Crippen molar-refractivity contribution in [3.05, 3.63) is 54.1 Å². The lowest BCUT2D eigenvalue weighted by Gasteiger charge is -1.99. The maximum Gasteiger partial charge on any atom is 0.260 e. The van der Waals surface area contributed by atoms with Crippen LogP contribution in [0.1, 0.15) is 0 Å². The molecule has 0 saturated carbocycles. The summed E-state index contributed by atoms with van der Waals surface area (Å²) in [4.78, 5) is 4.05. The lowest BCUT2D eigenvalue weighted by Crippen LogP contribution is -1.91. The summed E-state index contributed by atoms with van der Waals surface area (Å²) in [6.07, 6.45) is 0. The molecule has 0 fully saturated rings. The first-order chi connectivity index (χ1) is 9.65. The van der Waals surface area contributed by atoms with E-state index in [2.05, 4.69) is 10.1 Å². The van der Waals surface area contributed by atoms with Gasteiger partial charge in [-0.25, -0.2) is 8.78 Å². The molecule has 0 radical (unpaired) electrons. The zero-order valence-corrected chi connectivity index (χ0v) is 10.2. The highest BCUT2D eigenvalue weighted by Crippen LogP contribution is 2.28. The molecule has 0 bridgehead atoms. The van der Waals surface area contributed by atoms with Crippen molar-refractivity contribution in [3.8, 4) is 22.8 Å². The summed E-state index contributed by atoms with van der Waals surface area (Å²) in [5.41, 5.74) is 6.52. The molecule has 0 saturated heterocycles. The molecule has 0 aliphatic heterocycles. The van der Waals surface area contributed by atoms with Crippen LogP contribution in [-0.2, 0) is 0 Å². The largest absolute Gasteiger partial charge is 0.398 e. The molecule has 3 rings (SSSR count). The number of aromatic nitrogens is 2. The Labute approximate surface area is 112 Å². The highest BCUT2D eigenvalue weighted by Gasteiger charge is 2.15. The minimum absolute atomic E-state index is 0.0419. The number of nitrogen functional groups attached to an aromatic ring is 1. The molecule has 1 heterocycles. The van der Waals surface area contributed by atoms with Gasteiger partial charge in [-0.1, -0.05) is 17.3 Å². The number of nitrogens with two attached hydrogens (primary N) is 1. The van der Waals surface area contributed by atoms with Gasteiger partial charge in [0, 0.05) is 5.69 Å². The van der Waals surface area contributed by atoms with Crippen LogP contribution < -0.4 is 5.73 Å². The number of hydrogen-bond acceptors (Lipinski definition) is 4. The lowest BCUT2D eigenvalue weighted by molar-refractivity contribution is 0.431. The number of rotatable bonds is 2. The van der Waals surface area contributed by atoms with Gasteiger partial charge in [-0.15, -0.1) is 0 Å². The van der Waals surface area contributed by atoms with Gasteiger partial charge in [-0.2, -0.15) is 4.98 Å². The number of halogens is 2. The van der Waals surface area contributed by atoms with E-state index in [1.807, 2.05) is 0 Å². The van der Waals surface area contributed by atoms with Crippen molar-refractivity contribution in [2.24, 2.45) is 0 Å². The van der Waals surface area contributed by atoms with Crippen molar-refractivity contribution in [1.82, 2.24) is 10.1 Å². The molecule has 0 spiro atoms. The number of nitrogens with zero attached hydrogens (tertiary/aromatic N) is 2. The van der Waals surface area contributed by atoms with E-state index in [4.69, 9.17) is 10.3 Å². The predicted molar refractivity (Wildman–Crippen MR) is 69.5 cm³/mol. The standard InChI is InChI=1S/C14H9F2N3O/c15-8-5-6-12(17)10(7-8)14-18-13(19-20-14)9-3-1-2-4-11(9)16/h1-7H,17H2. The molecule has 0 aliphatic carbocycles. The molecular formula is C14H9F2N3O. The van der Waals surface area contributed by atoms with E-state index in [9.17, 15) is 8.78 Å². The molecule has 0 unspecified atom stereocenters. The second-order valence-corrected chi connectivity index (χ2v) is 4.13. The van der Waals surface area contributed by atoms with E-state index < -0.39 is 11.6 Å². The topological polar surface area (TPSA) is 64.9 Å². The van der Waals surface area contributed by atoms with Crippen LogP contribution in [0.3, 0.4) is 0 Å². The van der Waals surface area contributed by atoms with Gasteiger partial charge in [0.05, 0.1) is 11.1 Å². The molecule has 1 aromatic heterocycles. The monoisotopic (exact) mass is 273 g/mol. The fourth-order valence-electron chi connectivity index (χ4n) is 1.80. The average Bonchev–Trinajstić information content (AvgIpc) is 2.91. The third kappa shape index (κ3) is 2.11. The van der Waals surface area contributed by atoms with E-state index in [0.29, 0.717) is 5.69 Å². The Bertz CT molecular complexity index is 771. The number of benzene rings is 2. The smallest absolute Gasteiger partial charge is 0.260 e. The molecule has 4 nitrogen and oxygen atoms in total. The fraction of sp³-hybridized carbons (Fsp3) is 0. The molecule has 0 amide bonds. The van der Waals surface area contributed by atoms with Crippen LogP contribution in [0.5, 0.6) is 0 Å². The van der Waals surface area contributed by atoms with Crippen LogP contribution in [0.15, 0.2) is 47.0 Å². The lowest BCUT2D eigenvalue weighted by atomic mass is 10.1. The van der Waals surface area contributed by atoms with Crippen LogP contribution >= 0.6 is 0 Å². The van der Waals surface area contributed by atoms with E-state index in [-0.39, 0.29) is 22.8 Å². The SMILES string of the molecule is Nc1ccc(F)cc1-c1nc(-c2ccccc2F)no1. The molecule has 3 aromatic rings. The summed E-state index contributed by atoms with van der Waals surface area (Å²) < 4.78 is 31.9. The van der Waals surface area contributed by atoms with Crippen molar-refractivity contribution in [3.63, 3.8) is 0 Å². The molecule has 100 valence electrons. The Morgan fingerprint density at radius 2 is 1.80 bits per heavy atom. The fourth-order valence-corrected chi connectivity index (χ4v) is 1.80. The van der Waals surface area contributed by atoms with Crippen LogP contribution in [-0.4, -0.2) is 10.1 Å². The van der Waals surface area contributed by atoms with Crippen molar-refractivity contribution >= 4 is 5.69 Å². The summed E-state index contributed by atoms with van der Waals surface area (Å²) in [6.45, 7) is 0. The summed E-state index contributed by atoms with van der Waals surface area (Å²) >= 11 is 0. The summed E-state index contributed by atoms with van der Waals surface area (Å²) in [5, 5.41) is 3.69. The van der Waals surface area contributed by atoms with Crippen molar-refractivity contribution in [2.45, 2.75) is 0 Å². The first-order valence-electron chi connectivity index (χ1n) is 5.79. The molecule has 2 N–H and O–H groups in total. The summed E-state index contributed by atoms with van der Waals surface area (Å²) in [6, 6.07) is 9.86. The van der Waals surface area contributed by atoms with Gasteiger partial charge in [0.1, 0.15) is 11.6 Å². The van der Waals surface area contributed by atoms with Crippen LogP contribution in [0.4, 0.5) is 14.5 Å². The van der Waals surface area contributed by atoms with E-state index >= 15 is 0 Å². The Hall–Kier alpha value is -2.76. The maximum absolute atomic E-state index is 13.6. The molecular weight excluding hydrogens is 264 g/mol. The van der Waals surface area contributed by atoms with Crippen LogP contribution in [0.25, 0.3) is 22.8 Å². The zero-order valence-electron chi connectivity index (χ0n) is 10.2. The normalized spacial score (nSPS) is 10.7. The molecule has 2 aromatic carbocycles. The highest BCUT2D eigenvalue weighted by molar-refractivity contribution is 5.71. The Morgan fingerprint density at radius 3 is 2.60 bits per heavy atom. The van der Waals surface area contributed by atoms with E-state index in [0.717, 1.165) is 0 Å². The van der Waals surface area contributed by atoms with Gasteiger partial charge in [0.25, 0.3) is 5.89 Å². The molecule has 0 aliphatic rings. The summed E-state index contributed by atoms with van der Waals surface area (Å²) in [7, 11) is 0. The van der Waals surface area contributed by atoms with Gasteiger partial charge in [-0.3, -0.25) is 0 Å². The third-order valence-electron chi connectivity index (χ3n) is 2.79. The molecule has 0 atom stereocenters.